The third kappa shape index (κ3) is 8.37. The van der Waals surface area contributed by atoms with Crippen molar-refractivity contribution < 1.29 is 14.3 Å². The number of rotatable bonds is 13. The highest BCUT2D eigenvalue weighted by atomic mass is 16.5. The molecule has 5 nitrogen and oxygen atoms in total. The zero-order valence-corrected chi connectivity index (χ0v) is 18.2. The van der Waals surface area contributed by atoms with Crippen molar-refractivity contribution in [2.45, 2.75) is 46.0 Å². The number of hydrogen-bond donors (Lipinski definition) is 1. The highest BCUT2D eigenvalue weighted by molar-refractivity contribution is 6.00. The summed E-state index contributed by atoms with van der Waals surface area (Å²) in [6.45, 7) is 6.13. The molecule has 0 aliphatic heterocycles. The molecule has 1 unspecified atom stereocenters. The fourth-order valence-corrected chi connectivity index (χ4v) is 3.19. The van der Waals surface area contributed by atoms with Crippen LogP contribution in [0.25, 0.3) is 0 Å². The molecule has 0 fully saturated rings. The molecule has 0 saturated heterocycles. The van der Waals surface area contributed by atoms with Crippen LogP contribution in [0.4, 0.5) is 11.4 Å². The second-order valence-corrected chi connectivity index (χ2v) is 7.58. The van der Waals surface area contributed by atoms with Crippen molar-refractivity contribution in [3.63, 3.8) is 0 Å². The van der Waals surface area contributed by atoms with Gasteiger partial charge in [-0.1, -0.05) is 56.7 Å². The number of ether oxygens (including phenoxy) is 1. The lowest BCUT2D eigenvalue weighted by molar-refractivity contribution is -0.122. The molecule has 2 aromatic rings. The van der Waals surface area contributed by atoms with Crippen LogP contribution in [-0.4, -0.2) is 31.6 Å². The highest BCUT2D eigenvalue weighted by Gasteiger charge is 2.21. The number of hydrogen-bond acceptors (Lipinski definition) is 3. The molecule has 2 aromatic carbocycles. The maximum Gasteiger partial charge on any atom is 0.231 e. The van der Waals surface area contributed by atoms with Gasteiger partial charge in [-0.25, -0.2) is 0 Å². The van der Waals surface area contributed by atoms with Gasteiger partial charge in [0.05, 0.1) is 0 Å². The van der Waals surface area contributed by atoms with Gasteiger partial charge in [-0.3, -0.25) is 14.5 Å². The third-order valence-corrected chi connectivity index (χ3v) is 4.76. The van der Waals surface area contributed by atoms with Gasteiger partial charge >= 0.3 is 0 Å². The number of carbonyl (C=O) groups excluding carboxylic acids is 2. The molecule has 2 amide bonds. The van der Waals surface area contributed by atoms with E-state index in [9.17, 15) is 9.59 Å². The first-order chi connectivity index (χ1) is 14.6. The van der Waals surface area contributed by atoms with Crippen LogP contribution in [0.1, 0.15) is 46.0 Å². The Labute approximate surface area is 180 Å². The molecule has 162 valence electrons. The van der Waals surface area contributed by atoms with Gasteiger partial charge in [0.15, 0.2) is 0 Å². The van der Waals surface area contributed by atoms with Crippen LogP contribution in [-0.2, 0) is 14.3 Å². The van der Waals surface area contributed by atoms with Gasteiger partial charge in [-0.15, -0.1) is 0 Å². The monoisotopic (exact) mass is 410 g/mol. The minimum atomic E-state index is -0.0479. The van der Waals surface area contributed by atoms with Gasteiger partial charge in [0.1, 0.15) is 0 Å². The summed E-state index contributed by atoms with van der Waals surface area (Å²) in [7, 11) is 0. The Morgan fingerprint density at radius 2 is 1.47 bits per heavy atom. The molecule has 0 saturated carbocycles. The number of unbranched alkanes of at least 4 members (excludes halogenated alkanes) is 1. The van der Waals surface area contributed by atoms with Gasteiger partial charge in [-0.05, 0) is 43.0 Å². The lowest BCUT2D eigenvalue weighted by Gasteiger charge is -2.24. The molecule has 0 aliphatic carbocycles. The highest BCUT2D eigenvalue weighted by Crippen LogP contribution is 2.27. The lowest BCUT2D eigenvalue weighted by Crippen LogP contribution is -2.30. The smallest absolute Gasteiger partial charge is 0.231 e. The minimum Gasteiger partial charge on any atom is -0.381 e. The van der Waals surface area contributed by atoms with E-state index in [1.54, 1.807) is 4.90 Å². The summed E-state index contributed by atoms with van der Waals surface area (Å²) in [5.41, 5.74) is 1.65. The number of amides is 2. The second-order valence-electron chi connectivity index (χ2n) is 7.58. The van der Waals surface area contributed by atoms with E-state index in [1.807, 2.05) is 67.6 Å². The minimum absolute atomic E-state index is 0.0166. The number of anilines is 2. The van der Waals surface area contributed by atoms with Crippen LogP contribution >= 0.6 is 0 Å². The van der Waals surface area contributed by atoms with E-state index in [4.69, 9.17) is 4.74 Å². The summed E-state index contributed by atoms with van der Waals surface area (Å²) < 4.78 is 5.50. The van der Waals surface area contributed by atoms with Crippen molar-refractivity contribution in [3.8, 4) is 0 Å². The van der Waals surface area contributed by atoms with Crippen LogP contribution in [0.5, 0.6) is 0 Å². The van der Waals surface area contributed by atoms with E-state index in [0.29, 0.717) is 26.0 Å². The fraction of sp³-hybridized carbons (Fsp3) is 0.440. The quantitative estimate of drug-likeness (QED) is 0.468. The predicted octanol–water partition coefficient (Wildman–Crippen LogP) is 5.09. The maximum atomic E-state index is 13.1. The van der Waals surface area contributed by atoms with Crippen LogP contribution < -0.4 is 10.2 Å². The molecule has 0 radical (unpaired) electrons. The Kier molecular flexibility index (Phi) is 10.7. The van der Waals surface area contributed by atoms with E-state index in [0.717, 1.165) is 37.2 Å². The number of nitrogens with one attached hydrogen (secondary N) is 1. The van der Waals surface area contributed by atoms with Crippen molar-refractivity contribution >= 4 is 23.2 Å². The molecular weight excluding hydrogens is 376 g/mol. The molecule has 0 aromatic heterocycles. The Morgan fingerprint density at radius 1 is 0.900 bits per heavy atom. The third-order valence-electron chi connectivity index (χ3n) is 4.76. The van der Waals surface area contributed by atoms with Crippen molar-refractivity contribution in [1.82, 2.24) is 5.32 Å². The maximum absolute atomic E-state index is 13.1. The molecule has 0 bridgehead atoms. The van der Waals surface area contributed by atoms with E-state index in [-0.39, 0.29) is 17.7 Å². The summed E-state index contributed by atoms with van der Waals surface area (Å²) in [6.07, 6.45) is 3.63. The molecule has 0 heterocycles. The largest absolute Gasteiger partial charge is 0.381 e. The zero-order chi connectivity index (χ0) is 21.6. The Morgan fingerprint density at radius 3 is 2.03 bits per heavy atom. The first kappa shape index (κ1) is 23.6. The standard InChI is InChI=1S/C25H34N2O3/c1-3-4-17-30-18-11-16-26-24(28)19-21(2)20-25(29)27(22-12-7-5-8-13-22)23-14-9-6-10-15-23/h5-10,12-15,21H,3-4,11,16-20H2,1-2H3,(H,26,28). The molecule has 0 spiro atoms. The van der Waals surface area contributed by atoms with Gasteiger partial charge in [0.2, 0.25) is 11.8 Å². The van der Waals surface area contributed by atoms with Crippen molar-refractivity contribution in [1.29, 1.82) is 0 Å². The van der Waals surface area contributed by atoms with E-state index >= 15 is 0 Å². The average molecular weight is 411 g/mol. The van der Waals surface area contributed by atoms with Crippen LogP contribution in [0, 0.1) is 5.92 Å². The topological polar surface area (TPSA) is 58.6 Å². The Hall–Kier alpha value is -2.66. The Bertz CT molecular complexity index is 710. The molecule has 30 heavy (non-hydrogen) atoms. The average Bonchev–Trinajstić information content (AvgIpc) is 2.74. The molecule has 1 N–H and O–H groups in total. The fourth-order valence-electron chi connectivity index (χ4n) is 3.19. The Balaban J connectivity index is 1.83. The zero-order valence-electron chi connectivity index (χ0n) is 18.2. The van der Waals surface area contributed by atoms with Crippen molar-refractivity contribution in [2.24, 2.45) is 5.92 Å². The second kappa shape index (κ2) is 13.5. The SMILES string of the molecule is CCCCOCCCNC(=O)CC(C)CC(=O)N(c1ccccc1)c1ccccc1. The predicted molar refractivity (Wildman–Crippen MR) is 122 cm³/mol. The van der Waals surface area contributed by atoms with E-state index in [1.165, 1.54) is 0 Å². The number of benzene rings is 2. The molecule has 2 rings (SSSR count). The molecule has 5 heteroatoms. The number of para-hydroxylation sites is 2. The summed E-state index contributed by atoms with van der Waals surface area (Å²) in [4.78, 5) is 27.0. The van der Waals surface area contributed by atoms with Gasteiger partial charge < -0.3 is 10.1 Å². The van der Waals surface area contributed by atoms with Gasteiger partial charge in [0, 0.05) is 44.0 Å². The molecule has 0 aliphatic rings. The first-order valence-corrected chi connectivity index (χ1v) is 10.9. The van der Waals surface area contributed by atoms with Crippen molar-refractivity contribution in [3.05, 3.63) is 60.7 Å². The van der Waals surface area contributed by atoms with E-state index < -0.39 is 0 Å². The first-order valence-electron chi connectivity index (χ1n) is 10.9. The summed E-state index contributed by atoms with van der Waals surface area (Å²) in [5, 5.41) is 2.93. The van der Waals surface area contributed by atoms with Crippen LogP contribution in [0.3, 0.4) is 0 Å². The summed E-state index contributed by atoms with van der Waals surface area (Å²) in [6, 6.07) is 19.2. The molecule has 1 atom stereocenters. The van der Waals surface area contributed by atoms with Gasteiger partial charge in [0.25, 0.3) is 0 Å². The molecular formula is C25H34N2O3. The number of carbonyl (C=O) groups is 2. The van der Waals surface area contributed by atoms with E-state index in [2.05, 4.69) is 12.2 Å². The lowest BCUT2D eigenvalue weighted by atomic mass is 10.0. The van der Waals surface area contributed by atoms with Crippen molar-refractivity contribution in [2.75, 3.05) is 24.7 Å². The van der Waals surface area contributed by atoms with Crippen LogP contribution in [0.15, 0.2) is 60.7 Å². The number of nitrogens with zero attached hydrogens (tertiary/aromatic N) is 1. The summed E-state index contributed by atoms with van der Waals surface area (Å²) >= 11 is 0. The normalized spacial score (nSPS) is 11.7. The van der Waals surface area contributed by atoms with Crippen LogP contribution in [0.2, 0.25) is 0 Å². The van der Waals surface area contributed by atoms with Gasteiger partial charge in [-0.2, -0.15) is 0 Å². The summed E-state index contributed by atoms with van der Waals surface area (Å²) in [5.74, 6) is -0.0833.